The minimum Gasteiger partial charge on any atom is -0.483 e. The van der Waals surface area contributed by atoms with Crippen LogP contribution in [0.1, 0.15) is 30.9 Å². The maximum Gasteiger partial charge on any atom is 0.194 e. The second-order valence-corrected chi connectivity index (χ2v) is 8.43. The first kappa shape index (κ1) is 25.4. The summed E-state index contributed by atoms with van der Waals surface area (Å²) in [5.41, 5.74) is 2.15. The summed E-state index contributed by atoms with van der Waals surface area (Å²) < 4.78 is 89.0. The highest BCUT2D eigenvalue weighted by Gasteiger charge is 2.15. The lowest BCUT2D eigenvalue weighted by molar-refractivity contribution is 0.274. The van der Waals surface area contributed by atoms with Crippen molar-refractivity contribution in [3.8, 4) is 28.0 Å². The van der Waals surface area contributed by atoms with Crippen LogP contribution in [0, 0.1) is 34.9 Å². The third-order valence-electron chi connectivity index (χ3n) is 5.81. The Morgan fingerprint density at radius 3 is 1.75 bits per heavy atom. The fraction of sp³-hybridized carbons (Fsp3) is 0.172. The average molecular weight is 500 g/mol. The monoisotopic (exact) mass is 500 g/mol. The van der Waals surface area contributed by atoms with E-state index in [2.05, 4.69) is 0 Å². The summed E-state index contributed by atoms with van der Waals surface area (Å²) in [5, 5.41) is 0. The van der Waals surface area contributed by atoms with Crippen molar-refractivity contribution in [1.82, 2.24) is 0 Å². The molecule has 0 atom stereocenters. The van der Waals surface area contributed by atoms with Crippen molar-refractivity contribution in [2.24, 2.45) is 0 Å². The third-order valence-corrected chi connectivity index (χ3v) is 5.81. The van der Waals surface area contributed by atoms with Crippen LogP contribution in [0.15, 0.2) is 66.7 Å². The molecule has 0 fully saturated rings. The Morgan fingerprint density at radius 1 is 0.583 bits per heavy atom. The highest BCUT2D eigenvalue weighted by Crippen LogP contribution is 2.30. The van der Waals surface area contributed by atoms with Crippen molar-refractivity contribution >= 4 is 0 Å². The van der Waals surface area contributed by atoms with Gasteiger partial charge in [0.25, 0.3) is 0 Å². The summed E-state index contributed by atoms with van der Waals surface area (Å²) in [7, 11) is 0. The quantitative estimate of drug-likeness (QED) is 0.174. The van der Waals surface area contributed by atoms with E-state index in [4.69, 9.17) is 4.74 Å². The number of benzene rings is 4. The van der Waals surface area contributed by atoms with E-state index < -0.39 is 40.7 Å². The van der Waals surface area contributed by atoms with Crippen molar-refractivity contribution in [2.45, 2.75) is 32.8 Å². The molecule has 0 heterocycles. The van der Waals surface area contributed by atoms with Crippen molar-refractivity contribution in [3.05, 3.63) is 113 Å². The van der Waals surface area contributed by atoms with Gasteiger partial charge in [0.1, 0.15) is 12.4 Å². The molecule has 0 aliphatic rings. The molecule has 0 amide bonds. The molecule has 4 aromatic carbocycles. The van der Waals surface area contributed by atoms with E-state index in [0.29, 0.717) is 28.7 Å². The smallest absolute Gasteiger partial charge is 0.194 e. The molecule has 0 aliphatic carbocycles. The SMILES string of the molecule is CCCCc1cc(F)c(OCc2ccc(-c3ccc(-c4cc(F)c(F)c(F)c4)c(F)c3)cc2)c(F)c1. The Kier molecular flexibility index (Phi) is 7.67. The zero-order chi connectivity index (χ0) is 25.8. The largest absolute Gasteiger partial charge is 0.483 e. The van der Waals surface area contributed by atoms with Gasteiger partial charge in [-0.1, -0.05) is 49.7 Å². The molecule has 1 nitrogen and oxygen atoms in total. The highest BCUT2D eigenvalue weighted by atomic mass is 19.2. The predicted molar refractivity (Wildman–Crippen MR) is 126 cm³/mol. The van der Waals surface area contributed by atoms with E-state index in [0.717, 1.165) is 25.0 Å². The Balaban J connectivity index is 1.47. The van der Waals surface area contributed by atoms with Gasteiger partial charge < -0.3 is 4.74 Å². The van der Waals surface area contributed by atoms with E-state index >= 15 is 0 Å². The van der Waals surface area contributed by atoms with Crippen molar-refractivity contribution in [3.63, 3.8) is 0 Å². The fourth-order valence-electron chi connectivity index (χ4n) is 3.86. The second-order valence-electron chi connectivity index (χ2n) is 8.43. The minimum atomic E-state index is -1.62. The molecule has 7 heteroatoms. The molecular formula is C29H22F6O. The van der Waals surface area contributed by atoms with E-state index in [1.54, 1.807) is 30.3 Å². The lowest BCUT2D eigenvalue weighted by Gasteiger charge is -2.11. The summed E-state index contributed by atoms with van der Waals surface area (Å²) in [6.45, 7) is 1.93. The van der Waals surface area contributed by atoms with Crippen LogP contribution in [0.2, 0.25) is 0 Å². The zero-order valence-corrected chi connectivity index (χ0v) is 19.4. The molecule has 0 unspecified atom stereocenters. The molecular weight excluding hydrogens is 478 g/mol. The lowest BCUT2D eigenvalue weighted by Crippen LogP contribution is -2.01. The van der Waals surface area contributed by atoms with Gasteiger partial charge >= 0.3 is 0 Å². The summed E-state index contributed by atoms with van der Waals surface area (Å²) >= 11 is 0. The molecule has 186 valence electrons. The van der Waals surface area contributed by atoms with Gasteiger partial charge in [0.05, 0.1) is 0 Å². The number of rotatable bonds is 8. The first-order valence-electron chi connectivity index (χ1n) is 11.4. The van der Waals surface area contributed by atoms with Gasteiger partial charge in [-0.05, 0) is 71.0 Å². The number of hydrogen-bond acceptors (Lipinski definition) is 1. The topological polar surface area (TPSA) is 9.23 Å². The lowest BCUT2D eigenvalue weighted by atomic mass is 9.99. The zero-order valence-electron chi connectivity index (χ0n) is 19.4. The van der Waals surface area contributed by atoms with Gasteiger partial charge in [-0.25, -0.2) is 26.3 Å². The first-order valence-corrected chi connectivity index (χ1v) is 11.4. The van der Waals surface area contributed by atoms with Crippen LogP contribution in [-0.2, 0) is 13.0 Å². The molecule has 0 aromatic heterocycles. The van der Waals surface area contributed by atoms with E-state index in [1.165, 1.54) is 24.3 Å². The number of halogens is 6. The Morgan fingerprint density at radius 2 is 1.17 bits per heavy atom. The molecule has 0 aliphatic heterocycles. The summed E-state index contributed by atoms with van der Waals surface area (Å²) in [6, 6.07) is 14.9. The molecule has 0 saturated heterocycles. The number of hydrogen-bond donors (Lipinski definition) is 0. The summed E-state index contributed by atoms with van der Waals surface area (Å²) in [5.74, 6) is -7.11. The van der Waals surface area contributed by atoms with Crippen LogP contribution in [0.4, 0.5) is 26.3 Å². The Labute approximate surface area is 205 Å². The predicted octanol–water partition coefficient (Wildman–Crippen LogP) is 8.78. The first-order chi connectivity index (χ1) is 17.3. The van der Waals surface area contributed by atoms with E-state index in [9.17, 15) is 26.3 Å². The second kappa shape index (κ2) is 10.9. The molecule has 4 rings (SSSR count). The van der Waals surface area contributed by atoms with Gasteiger partial charge in [-0.3, -0.25) is 0 Å². The molecule has 0 radical (unpaired) electrons. The normalized spacial score (nSPS) is 11.1. The summed E-state index contributed by atoms with van der Waals surface area (Å²) in [6.07, 6.45) is 2.34. The summed E-state index contributed by atoms with van der Waals surface area (Å²) in [4.78, 5) is 0. The average Bonchev–Trinajstić information content (AvgIpc) is 2.85. The third kappa shape index (κ3) is 5.56. The van der Waals surface area contributed by atoms with Crippen molar-refractivity contribution in [2.75, 3.05) is 0 Å². The number of unbranched alkanes of at least 4 members (excludes halogenated alkanes) is 1. The standard InChI is InChI=1S/C29H22F6O/c1-2-3-4-18-11-26(33)29(27(34)12-18)36-16-17-5-7-19(8-6-17)20-9-10-22(23(30)13-20)21-14-24(31)28(35)25(32)15-21/h5-15H,2-4,16H2,1H3. The van der Waals surface area contributed by atoms with Crippen LogP contribution in [0.5, 0.6) is 5.75 Å². The molecule has 0 bridgehead atoms. The van der Waals surface area contributed by atoms with Gasteiger partial charge in [-0.15, -0.1) is 0 Å². The molecule has 0 saturated carbocycles. The van der Waals surface area contributed by atoms with Gasteiger partial charge in [-0.2, -0.15) is 0 Å². The Bertz CT molecular complexity index is 1340. The van der Waals surface area contributed by atoms with E-state index in [1.807, 2.05) is 6.92 Å². The van der Waals surface area contributed by atoms with Crippen molar-refractivity contribution in [1.29, 1.82) is 0 Å². The van der Waals surface area contributed by atoms with Gasteiger partial charge in [0.2, 0.25) is 0 Å². The van der Waals surface area contributed by atoms with E-state index in [-0.39, 0.29) is 17.7 Å². The fourth-order valence-corrected chi connectivity index (χ4v) is 3.86. The van der Waals surface area contributed by atoms with Gasteiger partial charge in [0, 0.05) is 5.56 Å². The molecule has 0 N–H and O–H groups in total. The molecule has 4 aromatic rings. The molecule has 36 heavy (non-hydrogen) atoms. The Hall–Kier alpha value is -3.74. The maximum absolute atomic E-state index is 14.7. The van der Waals surface area contributed by atoms with Crippen LogP contribution in [0.25, 0.3) is 22.3 Å². The number of aryl methyl sites for hydroxylation is 1. The molecule has 0 spiro atoms. The number of ether oxygens (including phenoxy) is 1. The van der Waals surface area contributed by atoms with Gasteiger partial charge in [0.15, 0.2) is 34.8 Å². The van der Waals surface area contributed by atoms with Crippen LogP contribution in [-0.4, -0.2) is 0 Å². The van der Waals surface area contributed by atoms with Crippen molar-refractivity contribution < 1.29 is 31.1 Å². The minimum absolute atomic E-state index is 0.0720. The van der Waals surface area contributed by atoms with Crippen LogP contribution < -0.4 is 4.74 Å². The highest BCUT2D eigenvalue weighted by molar-refractivity contribution is 5.71. The van der Waals surface area contributed by atoms with Crippen LogP contribution in [0.3, 0.4) is 0 Å². The van der Waals surface area contributed by atoms with Crippen LogP contribution >= 0.6 is 0 Å². The maximum atomic E-state index is 14.7.